The molecule has 6 nitrogen and oxygen atoms in total. The largest absolute Gasteiger partial charge is 0.598 e. The van der Waals surface area contributed by atoms with Crippen molar-refractivity contribution in [2.75, 3.05) is 13.1 Å². The quantitative estimate of drug-likeness (QED) is 0.722. The van der Waals surface area contributed by atoms with Crippen LogP contribution in [0.3, 0.4) is 0 Å². The van der Waals surface area contributed by atoms with Gasteiger partial charge in [-0.25, -0.2) is 9.18 Å². The van der Waals surface area contributed by atoms with Gasteiger partial charge in [0.25, 0.3) is 0 Å². The van der Waals surface area contributed by atoms with E-state index in [1.54, 1.807) is 11.0 Å². The second kappa shape index (κ2) is 7.63. The Morgan fingerprint density at radius 1 is 1.28 bits per heavy atom. The first-order valence-electron chi connectivity index (χ1n) is 9.95. The summed E-state index contributed by atoms with van der Waals surface area (Å²) < 4.78 is 41.3. The molecular weight excluding hydrogens is 395 g/mol. The van der Waals surface area contributed by atoms with Crippen LogP contribution >= 0.6 is 0 Å². The molecule has 8 heteroatoms. The number of likely N-dealkylation sites (tertiary alicyclic amines) is 1. The Morgan fingerprint density at radius 2 is 1.90 bits per heavy atom. The lowest BCUT2D eigenvalue weighted by atomic mass is 9.83. The van der Waals surface area contributed by atoms with Crippen LogP contribution in [0.15, 0.2) is 18.2 Å². The predicted octanol–water partition coefficient (Wildman–Crippen LogP) is 4.08. The van der Waals surface area contributed by atoms with Crippen molar-refractivity contribution < 1.29 is 23.2 Å². The van der Waals surface area contributed by atoms with Crippen molar-refractivity contribution in [3.63, 3.8) is 0 Å². The molecule has 1 fully saturated rings. The minimum atomic E-state index is -1.36. The van der Waals surface area contributed by atoms with Gasteiger partial charge in [-0.15, -0.1) is 4.72 Å². The Hall–Kier alpha value is -1.51. The van der Waals surface area contributed by atoms with E-state index in [1.165, 1.54) is 12.1 Å². The molecule has 1 aromatic rings. The molecule has 1 aromatic carbocycles. The monoisotopic (exact) mass is 426 g/mol. The molecule has 0 radical (unpaired) electrons. The van der Waals surface area contributed by atoms with Gasteiger partial charge in [0.2, 0.25) is 0 Å². The lowest BCUT2D eigenvalue weighted by Gasteiger charge is -2.42. The van der Waals surface area contributed by atoms with Crippen LogP contribution in [-0.4, -0.2) is 44.6 Å². The number of carbonyl (C=O) groups excluding carboxylic acids is 1. The van der Waals surface area contributed by atoms with Crippen molar-refractivity contribution in [3.8, 4) is 5.75 Å². The Bertz CT molecular complexity index is 767. The number of rotatable bonds is 2. The van der Waals surface area contributed by atoms with Crippen LogP contribution in [-0.2, 0) is 16.1 Å². The van der Waals surface area contributed by atoms with Gasteiger partial charge in [-0.1, -0.05) is 0 Å². The summed E-state index contributed by atoms with van der Waals surface area (Å²) in [7, 11) is 0. The molecule has 1 saturated heterocycles. The number of benzene rings is 1. The van der Waals surface area contributed by atoms with Crippen LogP contribution in [0.5, 0.6) is 5.75 Å². The highest BCUT2D eigenvalue weighted by molar-refractivity contribution is 7.90. The molecule has 162 valence electrons. The molecular formula is C21H31FN2O4S. The van der Waals surface area contributed by atoms with E-state index in [2.05, 4.69) is 4.72 Å². The molecule has 2 aliphatic rings. The van der Waals surface area contributed by atoms with Crippen LogP contribution in [0, 0.1) is 5.82 Å². The maximum Gasteiger partial charge on any atom is 0.410 e. The summed E-state index contributed by atoms with van der Waals surface area (Å²) in [4.78, 5) is 14.1. The maximum atomic E-state index is 14.0. The first-order valence-corrected chi connectivity index (χ1v) is 11.1. The average molecular weight is 427 g/mol. The summed E-state index contributed by atoms with van der Waals surface area (Å²) in [6.45, 7) is 12.1. The number of ether oxygens (including phenoxy) is 2. The van der Waals surface area contributed by atoms with E-state index in [1.807, 2.05) is 41.5 Å². The minimum Gasteiger partial charge on any atom is -0.598 e. The number of hydrogen-bond donors (Lipinski definition) is 1. The summed E-state index contributed by atoms with van der Waals surface area (Å²) >= 11 is -1.36. The zero-order valence-corrected chi connectivity index (χ0v) is 18.8. The first-order chi connectivity index (χ1) is 13.3. The topological polar surface area (TPSA) is 73.9 Å². The smallest absolute Gasteiger partial charge is 0.410 e. The molecule has 0 saturated carbocycles. The third-order valence-corrected chi connectivity index (χ3v) is 6.73. The molecule has 1 N–H and O–H groups in total. The molecule has 1 amide bonds. The Balaban J connectivity index is 1.81. The van der Waals surface area contributed by atoms with Gasteiger partial charge in [-0.2, -0.15) is 0 Å². The van der Waals surface area contributed by atoms with Gasteiger partial charge in [0, 0.05) is 42.9 Å². The van der Waals surface area contributed by atoms with Gasteiger partial charge in [-0.3, -0.25) is 0 Å². The van der Waals surface area contributed by atoms with Crippen molar-refractivity contribution in [3.05, 3.63) is 29.6 Å². The predicted molar refractivity (Wildman–Crippen MR) is 111 cm³/mol. The summed E-state index contributed by atoms with van der Waals surface area (Å²) in [5.74, 6) is 0.240. The van der Waals surface area contributed by atoms with Crippen molar-refractivity contribution in [1.29, 1.82) is 0 Å². The number of hydrogen-bond acceptors (Lipinski definition) is 5. The Kier molecular flexibility index (Phi) is 5.84. The highest BCUT2D eigenvalue weighted by Gasteiger charge is 2.53. The Labute approximate surface area is 175 Å². The van der Waals surface area contributed by atoms with Gasteiger partial charge in [0.1, 0.15) is 33.6 Å². The molecule has 3 rings (SSSR count). The standard InChI is InChI=1S/C21H31FN2O4S/c1-19(2,3)28-18(25)24-11-9-21(10-12-24)17(23-29(26)20(4,5)6)15-13-14(22)7-8-16(15)27-21/h7-8,13,17,23H,9-12H2,1-6H3/t17-,29?/m1/s1. The second-order valence-corrected chi connectivity index (χ2v) is 11.7. The van der Waals surface area contributed by atoms with Crippen LogP contribution in [0.25, 0.3) is 0 Å². The molecule has 1 unspecified atom stereocenters. The number of amides is 1. The van der Waals surface area contributed by atoms with Gasteiger partial charge >= 0.3 is 6.09 Å². The van der Waals surface area contributed by atoms with E-state index in [-0.39, 0.29) is 11.9 Å². The molecule has 2 atom stereocenters. The van der Waals surface area contributed by atoms with Crippen molar-refractivity contribution in [1.82, 2.24) is 9.62 Å². The van der Waals surface area contributed by atoms with E-state index >= 15 is 0 Å². The van der Waals surface area contributed by atoms with E-state index in [0.29, 0.717) is 37.2 Å². The van der Waals surface area contributed by atoms with Crippen molar-refractivity contribution >= 4 is 17.5 Å². The van der Waals surface area contributed by atoms with E-state index < -0.39 is 33.4 Å². The van der Waals surface area contributed by atoms with E-state index in [4.69, 9.17) is 9.47 Å². The minimum absolute atomic E-state index is 0.350. The van der Waals surface area contributed by atoms with E-state index in [0.717, 1.165) is 0 Å². The molecule has 0 aliphatic carbocycles. The lowest BCUT2D eigenvalue weighted by Crippen LogP contribution is -2.56. The fourth-order valence-electron chi connectivity index (χ4n) is 3.64. The summed E-state index contributed by atoms with van der Waals surface area (Å²) in [5, 5.41) is 0. The molecule has 29 heavy (non-hydrogen) atoms. The number of nitrogens with zero attached hydrogens (tertiary/aromatic N) is 1. The first kappa shape index (κ1) is 22.2. The van der Waals surface area contributed by atoms with Crippen molar-refractivity contribution in [2.24, 2.45) is 0 Å². The van der Waals surface area contributed by atoms with Crippen molar-refractivity contribution in [2.45, 2.75) is 76.4 Å². The number of piperidine rings is 1. The highest BCUT2D eigenvalue weighted by Crippen LogP contribution is 2.49. The summed E-state index contributed by atoms with van der Waals surface area (Å²) in [5.41, 5.74) is -0.569. The zero-order valence-electron chi connectivity index (χ0n) is 18.0. The molecule has 2 aliphatic heterocycles. The number of carbonyl (C=O) groups is 1. The van der Waals surface area contributed by atoms with E-state index in [9.17, 15) is 13.7 Å². The second-order valence-electron chi connectivity index (χ2n) is 9.75. The SMILES string of the molecule is CC(C)(C)OC(=O)N1CCC2(CC1)Oc1ccc(F)cc1[C@H]2N[S+]([O-])C(C)(C)C. The van der Waals surface area contributed by atoms with Gasteiger partial charge < -0.3 is 18.9 Å². The van der Waals surface area contributed by atoms with Crippen LogP contribution < -0.4 is 9.46 Å². The highest BCUT2D eigenvalue weighted by atomic mass is 32.2. The molecule has 2 heterocycles. The van der Waals surface area contributed by atoms with Crippen LogP contribution in [0.2, 0.25) is 0 Å². The van der Waals surface area contributed by atoms with Crippen LogP contribution in [0.1, 0.15) is 66.0 Å². The summed E-state index contributed by atoms with van der Waals surface area (Å²) in [6.07, 6.45) is 0.708. The molecule has 1 spiro atoms. The molecule has 0 aromatic heterocycles. The van der Waals surface area contributed by atoms with Gasteiger partial charge in [0.05, 0.1) is 0 Å². The normalized spacial score (nSPS) is 22.2. The number of fused-ring (bicyclic) bond motifs is 1. The fraction of sp³-hybridized carbons (Fsp3) is 0.667. The third-order valence-electron chi connectivity index (χ3n) is 5.16. The van der Waals surface area contributed by atoms with Gasteiger partial charge in [-0.05, 0) is 59.7 Å². The number of halogens is 1. The fourth-order valence-corrected chi connectivity index (χ4v) is 4.55. The third kappa shape index (κ3) is 4.81. The zero-order chi connectivity index (χ0) is 21.6. The molecule has 0 bridgehead atoms. The van der Waals surface area contributed by atoms with Crippen LogP contribution in [0.4, 0.5) is 9.18 Å². The summed E-state index contributed by atoms with van der Waals surface area (Å²) in [6, 6.07) is 4.01. The number of nitrogens with one attached hydrogen (secondary N) is 1. The Morgan fingerprint density at radius 3 is 2.45 bits per heavy atom. The average Bonchev–Trinajstić information content (AvgIpc) is 2.86. The lowest BCUT2D eigenvalue weighted by molar-refractivity contribution is -0.0204. The maximum absolute atomic E-state index is 14.0. The van der Waals surface area contributed by atoms with Gasteiger partial charge in [0.15, 0.2) is 0 Å².